The molecule has 1 aromatic carbocycles. The molecule has 2 aromatic rings. The summed E-state index contributed by atoms with van der Waals surface area (Å²) in [7, 11) is 0. The summed E-state index contributed by atoms with van der Waals surface area (Å²) in [6, 6.07) is 5.77. The van der Waals surface area contributed by atoms with E-state index in [0.717, 1.165) is 30.8 Å². The van der Waals surface area contributed by atoms with Gasteiger partial charge in [0.15, 0.2) is 0 Å². The Hall–Kier alpha value is -2.08. The minimum Gasteiger partial charge on any atom is -0.379 e. The predicted molar refractivity (Wildman–Crippen MR) is 108 cm³/mol. The Morgan fingerprint density at radius 2 is 2.11 bits per heavy atom. The number of amides is 1. The number of nitrogens with one attached hydrogen (secondary N) is 1. The molecule has 27 heavy (non-hydrogen) atoms. The van der Waals surface area contributed by atoms with Gasteiger partial charge in [-0.25, -0.2) is 4.68 Å². The SMILES string of the molecule is C[C@H]1CCCCN1C(=O)c1ccc(NCc2cn(C(C)(C)C)nn2)cc1Cl. The fourth-order valence-electron chi connectivity index (χ4n) is 3.25. The number of likely N-dealkylation sites (tertiary alicyclic amines) is 1. The van der Waals surface area contributed by atoms with Gasteiger partial charge in [0, 0.05) is 18.3 Å². The second-order valence-electron chi connectivity index (χ2n) is 8.22. The van der Waals surface area contributed by atoms with E-state index in [1.165, 1.54) is 6.42 Å². The molecule has 2 heterocycles. The Bertz CT molecular complexity index is 811. The number of carbonyl (C=O) groups is 1. The van der Waals surface area contributed by atoms with Crippen LogP contribution in [0.25, 0.3) is 0 Å². The van der Waals surface area contributed by atoms with Crippen LogP contribution in [0.4, 0.5) is 5.69 Å². The average Bonchev–Trinajstić information content (AvgIpc) is 3.09. The van der Waals surface area contributed by atoms with Crippen molar-refractivity contribution in [3.8, 4) is 0 Å². The van der Waals surface area contributed by atoms with E-state index < -0.39 is 0 Å². The van der Waals surface area contributed by atoms with Gasteiger partial charge in [-0.15, -0.1) is 5.10 Å². The summed E-state index contributed by atoms with van der Waals surface area (Å²) >= 11 is 6.42. The lowest BCUT2D eigenvalue weighted by Crippen LogP contribution is -2.42. The summed E-state index contributed by atoms with van der Waals surface area (Å²) in [5.41, 5.74) is 2.17. The molecule has 1 aromatic heterocycles. The Balaban J connectivity index is 1.66. The number of piperidine rings is 1. The van der Waals surface area contributed by atoms with Crippen LogP contribution in [-0.4, -0.2) is 38.4 Å². The molecule has 0 spiro atoms. The Morgan fingerprint density at radius 3 is 2.74 bits per heavy atom. The zero-order valence-corrected chi connectivity index (χ0v) is 17.3. The van der Waals surface area contributed by atoms with Crippen LogP contribution in [-0.2, 0) is 12.1 Å². The number of rotatable bonds is 4. The van der Waals surface area contributed by atoms with Crippen LogP contribution in [0.3, 0.4) is 0 Å². The smallest absolute Gasteiger partial charge is 0.255 e. The van der Waals surface area contributed by atoms with Crippen LogP contribution in [0, 0.1) is 0 Å². The zero-order chi connectivity index (χ0) is 19.6. The Labute approximate surface area is 165 Å². The minimum atomic E-state index is -0.0951. The third-order valence-corrected chi connectivity index (χ3v) is 5.28. The first kappa shape index (κ1) is 19.7. The lowest BCUT2D eigenvalue weighted by Gasteiger charge is -2.33. The second kappa shape index (κ2) is 7.89. The fourth-order valence-corrected chi connectivity index (χ4v) is 3.51. The van der Waals surface area contributed by atoms with Crippen molar-refractivity contribution < 1.29 is 4.79 Å². The first-order valence-corrected chi connectivity index (χ1v) is 9.89. The Kier molecular flexibility index (Phi) is 5.75. The number of hydrogen-bond acceptors (Lipinski definition) is 4. The lowest BCUT2D eigenvalue weighted by atomic mass is 10.0. The number of anilines is 1. The van der Waals surface area contributed by atoms with Crippen molar-refractivity contribution in [1.29, 1.82) is 0 Å². The van der Waals surface area contributed by atoms with E-state index in [1.807, 2.05) is 21.8 Å². The molecule has 0 saturated carbocycles. The standard InChI is InChI=1S/C20H28ClN5O/c1-14-7-5-6-10-25(14)19(27)17-9-8-15(11-18(17)21)22-12-16-13-26(24-23-16)20(2,3)4/h8-9,11,13-14,22H,5-7,10,12H2,1-4H3/t14-/m0/s1. The van der Waals surface area contributed by atoms with Crippen molar-refractivity contribution >= 4 is 23.2 Å². The summed E-state index contributed by atoms with van der Waals surface area (Å²) in [5, 5.41) is 12.1. The molecule has 1 atom stereocenters. The van der Waals surface area contributed by atoms with E-state index >= 15 is 0 Å². The lowest BCUT2D eigenvalue weighted by molar-refractivity contribution is 0.0636. The van der Waals surface area contributed by atoms with Crippen molar-refractivity contribution in [2.45, 2.75) is 65.1 Å². The molecule has 0 aliphatic carbocycles. The molecular formula is C20H28ClN5O. The average molecular weight is 390 g/mol. The van der Waals surface area contributed by atoms with Gasteiger partial charge in [-0.3, -0.25) is 4.79 Å². The molecular weight excluding hydrogens is 362 g/mol. The van der Waals surface area contributed by atoms with Crippen LogP contribution in [0.2, 0.25) is 5.02 Å². The predicted octanol–water partition coefficient (Wildman–Crippen LogP) is 4.31. The van der Waals surface area contributed by atoms with Crippen molar-refractivity contribution in [3.63, 3.8) is 0 Å². The summed E-state index contributed by atoms with van der Waals surface area (Å²) in [4.78, 5) is 14.8. The highest BCUT2D eigenvalue weighted by atomic mass is 35.5. The first-order valence-electron chi connectivity index (χ1n) is 9.52. The number of carbonyl (C=O) groups excluding carboxylic acids is 1. The third kappa shape index (κ3) is 4.61. The molecule has 1 fully saturated rings. The first-order chi connectivity index (χ1) is 12.8. The molecule has 1 amide bonds. The highest BCUT2D eigenvalue weighted by Crippen LogP contribution is 2.26. The van der Waals surface area contributed by atoms with Gasteiger partial charge < -0.3 is 10.2 Å². The van der Waals surface area contributed by atoms with E-state index in [9.17, 15) is 4.79 Å². The van der Waals surface area contributed by atoms with Gasteiger partial charge in [-0.2, -0.15) is 0 Å². The quantitative estimate of drug-likeness (QED) is 0.846. The monoisotopic (exact) mass is 389 g/mol. The van der Waals surface area contributed by atoms with E-state index in [4.69, 9.17) is 11.6 Å². The van der Waals surface area contributed by atoms with Crippen LogP contribution in [0.5, 0.6) is 0 Å². The highest BCUT2D eigenvalue weighted by molar-refractivity contribution is 6.34. The van der Waals surface area contributed by atoms with Gasteiger partial charge in [0.05, 0.1) is 28.9 Å². The van der Waals surface area contributed by atoms with Crippen molar-refractivity contribution in [3.05, 3.63) is 40.7 Å². The van der Waals surface area contributed by atoms with E-state index in [-0.39, 0.29) is 17.5 Å². The van der Waals surface area contributed by atoms with Gasteiger partial charge in [0.2, 0.25) is 0 Å². The largest absolute Gasteiger partial charge is 0.379 e. The zero-order valence-electron chi connectivity index (χ0n) is 16.5. The van der Waals surface area contributed by atoms with E-state index in [2.05, 4.69) is 43.3 Å². The molecule has 1 saturated heterocycles. The fraction of sp³-hybridized carbons (Fsp3) is 0.550. The number of benzene rings is 1. The summed E-state index contributed by atoms with van der Waals surface area (Å²) in [6.07, 6.45) is 5.23. The molecule has 0 bridgehead atoms. The summed E-state index contributed by atoms with van der Waals surface area (Å²) in [6.45, 7) is 9.70. The molecule has 6 nitrogen and oxygen atoms in total. The molecule has 1 aliphatic heterocycles. The maximum atomic E-state index is 12.8. The highest BCUT2D eigenvalue weighted by Gasteiger charge is 2.25. The summed E-state index contributed by atoms with van der Waals surface area (Å²) in [5.74, 6) is 0.0203. The van der Waals surface area contributed by atoms with Gasteiger partial charge in [-0.05, 0) is 65.2 Å². The number of nitrogens with zero attached hydrogens (tertiary/aromatic N) is 4. The van der Waals surface area contributed by atoms with Gasteiger partial charge in [0.25, 0.3) is 5.91 Å². The summed E-state index contributed by atoms with van der Waals surface area (Å²) < 4.78 is 1.85. The molecule has 146 valence electrons. The third-order valence-electron chi connectivity index (χ3n) is 4.97. The molecule has 3 rings (SSSR count). The Morgan fingerprint density at radius 1 is 1.33 bits per heavy atom. The second-order valence-corrected chi connectivity index (χ2v) is 8.62. The van der Waals surface area contributed by atoms with Crippen molar-refractivity contribution in [1.82, 2.24) is 19.9 Å². The van der Waals surface area contributed by atoms with Crippen LogP contribution in [0.15, 0.2) is 24.4 Å². The van der Waals surface area contributed by atoms with E-state index in [0.29, 0.717) is 17.1 Å². The number of aromatic nitrogens is 3. The van der Waals surface area contributed by atoms with Gasteiger partial charge in [0.1, 0.15) is 5.69 Å². The maximum absolute atomic E-state index is 12.8. The van der Waals surface area contributed by atoms with Crippen molar-refractivity contribution in [2.75, 3.05) is 11.9 Å². The van der Waals surface area contributed by atoms with Crippen LogP contribution < -0.4 is 5.32 Å². The van der Waals surface area contributed by atoms with Gasteiger partial charge in [-0.1, -0.05) is 16.8 Å². The molecule has 0 unspecified atom stereocenters. The maximum Gasteiger partial charge on any atom is 0.255 e. The number of halogens is 1. The minimum absolute atomic E-state index is 0.0203. The van der Waals surface area contributed by atoms with Crippen LogP contribution in [0.1, 0.15) is 63.0 Å². The normalized spacial score (nSPS) is 17.8. The molecule has 7 heteroatoms. The van der Waals surface area contributed by atoms with Crippen molar-refractivity contribution in [2.24, 2.45) is 0 Å². The molecule has 1 aliphatic rings. The van der Waals surface area contributed by atoms with E-state index in [1.54, 1.807) is 12.1 Å². The van der Waals surface area contributed by atoms with Crippen LogP contribution >= 0.6 is 11.6 Å². The topological polar surface area (TPSA) is 63.1 Å². The number of hydrogen-bond donors (Lipinski definition) is 1. The molecule has 1 N–H and O–H groups in total. The molecule has 0 radical (unpaired) electrons. The van der Waals surface area contributed by atoms with Gasteiger partial charge >= 0.3 is 0 Å².